The molecular formula is C12H18N6O4. The third-order valence-corrected chi connectivity index (χ3v) is 2.96. The van der Waals surface area contributed by atoms with Gasteiger partial charge in [-0.1, -0.05) is 0 Å². The van der Waals surface area contributed by atoms with Gasteiger partial charge in [-0.25, -0.2) is 9.97 Å². The van der Waals surface area contributed by atoms with E-state index in [9.17, 15) is 15.0 Å². The second-order valence-electron chi connectivity index (χ2n) is 4.65. The quantitative estimate of drug-likeness (QED) is 0.312. The Hall–Kier alpha value is -2.14. The van der Waals surface area contributed by atoms with Crippen LogP contribution in [0.3, 0.4) is 0 Å². The van der Waals surface area contributed by atoms with E-state index in [0.717, 1.165) is 6.42 Å². The molecule has 0 fully saturated rings. The Morgan fingerprint density at radius 2 is 2.14 bits per heavy atom. The molecule has 0 saturated carbocycles. The summed E-state index contributed by atoms with van der Waals surface area (Å²) in [6.07, 6.45) is -0.931. The van der Waals surface area contributed by atoms with E-state index in [4.69, 9.17) is 10.8 Å². The fourth-order valence-electron chi connectivity index (χ4n) is 1.76. The van der Waals surface area contributed by atoms with Crippen LogP contribution in [0.25, 0.3) is 11.2 Å². The minimum atomic E-state index is -1.44. The summed E-state index contributed by atoms with van der Waals surface area (Å²) in [7, 11) is 0. The Morgan fingerprint density at radius 1 is 1.36 bits per heavy atom. The van der Waals surface area contributed by atoms with Crippen LogP contribution < -0.4 is 16.6 Å². The van der Waals surface area contributed by atoms with E-state index in [1.807, 2.05) is 0 Å². The van der Waals surface area contributed by atoms with Crippen LogP contribution in [-0.2, 0) is 0 Å². The van der Waals surface area contributed by atoms with Crippen molar-refractivity contribution >= 4 is 17.1 Å². The Labute approximate surface area is 125 Å². The number of anilines is 1. The fourth-order valence-corrected chi connectivity index (χ4v) is 1.76. The number of aromatic amines is 1. The van der Waals surface area contributed by atoms with Crippen LogP contribution in [0.5, 0.6) is 0 Å². The van der Waals surface area contributed by atoms with Crippen LogP contribution in [0, 0.1) is 0 Å². The molecule has 0 radical (unpaired) electrons. The SMILES string of the molecule is NCCCNc1nc2ncc([C@@H](O)[C@H](O)CO)nc2c(=O)[nH]1. The maximum atomic E-state index is 12.0. The average Bonchev–Trinajstić information content (AvgIpc) is 2.53. The van der Waals surface area contributed by atoms with Gasteiger partial charge in [-0.2, -0.15) is 4.98 Å². The average molecular weight is 310 g/mol. The van der Waals surface area contributed by atoms with Crippen LogP contribution in [0.1, 0.15) is 18.2 Å². The summed E-state index contributed by atoms with van der Waals surface area (Å²) in [6, 6.07) is 0. The van der Waals surface area contributed by atoms with Gasteiger partial charge in [0.15, 0.2) is 11.2 Å². The first kappa shape index (κ1) is 16.2. The fraction of sp³-hybridized carbons (Fsp3) is 0.500. The van der Waals surface area contributed by atoms with Crippen molar-refractivity contribution in [1.29, 1.82) is 0 Å². The number of H-pyrrole nitrogens is 1. The van der Waals surface area contributed by atoms with E-state index in [-0.39, 0.29) is 22.8 Å². The van der Waals surface area contributed by atoms with E-state index in [0.29, 0.717) is 13.1 Å². The lowest BCUT2D eigenvalue weighted by Gasteiger charge is -2.14. The number of aliphatic hydroxyl groups excluding tert-OH is 3. The predicted octanol–water partition coefficient (Wildman–Crippen LogP) is -2.14. The van der Waals surface area contributed by atoms with Gasteiger partial charge in [0, 0.05) is 6.54 Å². The Morgan fingerprint density at radius 3 is 2.82 bits per heavy atom. The van der Waals surface area contributed by atoms with Gasteiger partial charge in [0.25, 0.3) is 5.56 Å². The van der Waals surface area contributed by atoms with Crippen molar-refractivity contribution in [2.24, 2.45) is 5.73 Å². The summed E-state index contributed by atoms with van der Waals surface area (Å²) in [4.78, 5) is 26.5. The Balaban J connectivity index is 2.32. The summed E-state index contributed by atoms with van der Waals surface area (Å²) in [5.74, 6) is 0.254. The summed E-state index contributed by atoms with van der Waals surface area (Å²) < 4.78 is 0. The number of nitrogens with one attached hydrogen (secondary N) is 2. The first-order valence-corrected chi connectivity index (χ1v) is 6.74. The zero-order valence-corrected chi connectivity index (χ0v) is 11.7. The number of aromatic nitrogens is 4. The summed E-state index contributed by atoms with van der Waals surface area (Å²) in [6.45, 7) is 0.427. The lowest BCUT2D eigenvalue weighted by molar-refractivity contribution is -0.0173. The molecule has 10 nitrogen and oxygen atoms in total. The zero-order valence-electron chi connectivity index (χ0n) is 11.7. The first-order valence-electron chi connectivity index (χ1n) is 6.74. The van der Waals surface area contributed by atoms with Gasteiger partial charge in [-0.05, 0) is 13.0 Å². The van der Waals surface area contributed by atoms with Gasteiger partial charge in [-0.15, -0.1) is 0 Å². The lowest BCUT2D eigenvalue weighted by atomic mass is 10.1. The second-order valence-corrected chi connectivity index (χ2v) is 4.65. The number of hydrogen-bond donors (Lipinski definition) is 6. The highest BCUT2D eigenvalue weighted by Gasteiger charge is 2.20. The molecule has 120 valence electrons. The summed E-state index contributed by atoms with van der Waals surface area (Å²) >= 11 is 0. The predicted molar refractivity (Wildman–Crippen MR) is 78.2 cm³/mol. The zero-order chi connectivity index (χ0) is 16.1. The van der Waals surface area contributed by atoms with Crippen molar-refractivity contribution in [3.8, 4) is 0 Å². The van der Waals surface area contributed by atoms with Crippen molar-refractivity contribution in [1.82, 2.24) is 19.9 Å². The highest BCUT2D eigenvalue weighted by Crippen LogP contribution is 2.15. The van der Waals surface area contributed by atoms with Crippen molar-refractivity contribution in [3.05, 3.63) is 22.2 Å². The van der Waals surface area contributed by atoms with Crippen LogP contribution in [0.15, 0.2) is 11.0 Å². The van der Waals surface area contributed by atoms with Gasteiger partial charge >= 0.3 is 0 Å². The molecule has 2 aromatic heterocycles. The monoisotopic (exact) mass is 310 g/mol. The van der Waals surface area contributed by atoms with Gasteiger partial charge in [0.2, 0.25) is 5.95 Å². The third-order valence-electron chi connectivity index (χ3n) is 2.96. The third kappa shape index (κ3) is 3.54. The molecule has 0 bridgehead atoms. The molecule has 2 rings (SSSR count). The van der Waals surface area contributed by atoms with Crippen molar-refractivity contribution in [2.45, 2.75) is 18.6 Å². The van der Waals surface area contributed by atoms with Crippen molar-refractivity contribution in [3.63, 3.8) is 0 Å². The minimum absolute atomic E-state index is 0.0230. The number of rotatable bonds is 7. The molecule has 0 aliphatic heterocycles. The van der Waals surface area contributed by atoms with E-state index in [1.165, 1.54) is 6.20 Å². The molecular weight excluding hydrogens is 292 g/mol. The van der Waals surface area contributed by atoms with E-state index >= 15 is 0 Å². The van der Waals surface area contributed by atoms with Crippen LogP contribution in [0.4, 0.5) is 5.95 Å². The number of hydrogen-bond acceptors (Lipinski definition) is 9. The molecule has 0 saturated heterocycles. The standard InChI is InChI=1S/C12H18N6O4/c13-2-1-3-14-12-17-10-8(11(22)18-12)16-6(4-15-10)9(21)7(20)5-19/h4,7,9,19-21H,1-3,5,13H2,(H2,14,15,17,18,22)/t7-,9-/m1/s1. The smallest absolute Gasteiger partial charge is 0.280 e. The highest BCUT2D eigenvalue weighted by atomic mass is 16.4. The maximum Gasteiger partial charge on any atom is 0.280 e. The minimum Gasteiger partial charge on any atom is -0.394 e. The molecule has 2 aromatic rings. The Bertz CT molecular complexity index is 691. The molecule has 2 atom stereocenters. The van der Waals surface area contributed by atoms with Crippen molar-refractivity contribution < 1.29 is 15.3 Å². The van der Waals surface area contributed by atoms with Crippen molar-refractivity contribution in [2.75, 3.05) is 25.0 Å². The van der Waals surface area contributed by atoms with E-state index in [1.54, 1.807) is 0 Å². The molecule has 22 heavy (non-hydrogen) atoms. The summed E-state index contributed by atoms with van der Waals surface area (Å²) in [5.41, 5.74) is 4.87. The molecule has 0 aliphatic rings. The summed E-state index contributed by atoms with van der Waals surface area (Å²) in [5, 5.41) is 30.9. The molecule has 0 aromatic carbocycles. The molecule has 0 unspecified atom stereocenters. The number of fused-ring (bicyclic) bond motifs is 1. The van der Waals surface area contributed by atoms with Gasteiger partial charge in [0.05, 0.1) is 18.5 Å². The topological polar surface area (TPSA) is 170 Å². The molecule has 7 N–H and O–H groups in total. The Kier molecular flexibility index (Phi) is 5.33. The van der Waals surface area contributed by atoms with Gasteiger partial charge in [0.1, 0.15) is 12.2 Å². The maximum absolute atomic E-state index is 12.0. The van der Waals surface area contributed by atoms with Crippen LogP contribution in [0.2, 0.25) is 0 Å². The molecule has 10 heteroatoms. The molecule has 0 spiro atoms. The molecule has 0 amide bonds. The van der Waals surface area contributed by atoms with Gasteiger partial charge < -0.3 is 26.4 Å². The normalized spacial score (nSPS) is 14.0. The van der Waals surface area contributed by atoms with Gasteiger partial charge in [-0.3, -0.25) is 9.78 Å². The first-order chi connectivity index (χ1) is 10.6. The number of aliphatic hydroxyl groups is 3. The number of nitrogens with two attached hydrogens (primary N) is 1. The number of nitrogens with zero attached hydrogens (tertiary/aromatic N) is 3. The van der Waals surface area contributed by atoms with Crippen LogP contribution >= 0.6 is 0 Å². The molecule has 2 heterocycles. The highest BCUT2D eigenvalue weighted by molar-refractivity contribution is 5.69. The van der Waals surface area contributed by atoms with E-state index < -0.39 is 24.4 Å². The molecule has 0 aliphatic carbocycles. The largest absolute Gasteiger partial charge is 0.394 e. The lowest BCUT2D eigenvalue weighted by Crippen LogP contribution is -2.24. The van der Waals surface area contributed by atoms with E-state index in [2.05, 4.69) is 25.3 Å². The van der Waals surface area contributed by atoms with Crippen LogP contribution in [-0.4, -0.2) is 61.1 Å². The second kappa shape index (κ2) is 7.22.